The molecule has 3 aliphatic heterocycles. The molecule has 2 aromatic rings. The molecule has 0 saturated carbocycles. The summed E-state index contributed by atoms with van der Waals surface area (Å²) in [6.07, 6.45) is 4.42. The number of nitrogens with zero attached hydrogens (tertiary/aromatic N) is 4. The number of carbonyl (C=O) groups is 1. The van der Waals surface area contributed by atoms with E-state index < -0.39 is 11.7 Å². The molecule has 34 heavy (non-hydrogen) atoms. The largest absolute Gasteiger partial charge is 0.444 e. The monoisotopic (exact) mass is 463 g/mol. The van der Waals surface area contributed by atoms with Crippen molar-refractivity contribution in [2.24, 2.45) is 0 Å². The van der Waals surface area contributed by atoms with Gasteiger partial charge < -0.3 is 19.4 Å². The summed E-state index contributed by atoms with van der Waals surface area (Å²) in [7, 11) is 2.21. The fourth-order valence-electron chi connectivity index (χ4n) is 5.81. The lowest BCUT2D eigenvalue weighted by atomic mass is 9.89. The molecule has 1 saturated heterocycles. The third kappa shape index (κ3) is 4.58. The lowest BCUT2D eigenvalue weighted by Crippen LogP contribution is -2.49. The van der Waals surface area contributed by atoms with Crippen LogP contribution < -0.4 is 15.1 Å². The summed E-state index contributed by atoms with van der Waals surface area (Å²) >= 11 is 0. The average molecular weight is 464 g/mol. The minimum absolute atomic E-state index is 0.435. The van der Waals surface area contributed by atoms with Crippen molar-refractivity contribution in [2.75, 3.05) is 54.9 Å². The number of aromatic nitrogens is 1. The third-order valence-electron chi connectivity index (χ3n) is 7.29. The quantitative estimate of drug-likeness (QED) is 0.705. The van der Waals surface area contributed by atoms with Gasteiger partial charge in [-0.25, -0.2) is 4.79 Å². The molecule has 7 heteroatoms. The maximum atomic E-state index is 12.2. The maximum absolute atomic E-state index is 12.2. The van der Waals surface area contributed by atoms with Crippen LogP contribution in [0.15, 0.2) is 36.5 Å². The molecule has 4 heterocycles. The Morgan fingerprint density at radius 1 is 1.18 bits per heavy atom. The topological polar surface area (TPSA) is 60.9 Å². The van der Waals surface area contributed by atoms with Crippen molar-refractivity contribution < 1.29 is 9.53 Å². The second-order valence-corrected chi connectivity index (χ2v) is 10.8. The molecule has 2 atom stereocenters. The van der Waals surface area contributed by atoms with Crippen molar-refractivity contribution in [3.05, 3.63) is 47.8 Å². The van der Waals surface area contributed by atoms with E-state index in [9.17, 15) is 4.79 Å². The summed E-state index contributed by atoms with van der Waals surface area (Å²) < 4.78 is 5.41. The zero-order valence-corrected chi connectivity index (χ0v) is 20.9. The number of anilines is 3. The van der Waals surface area contributed by atoms with Gasteiger partial charge in [0.05, 0.1) is 22.8 Å². The number of hydrogen-bond acceptors (Lipinski definition) is 6. The van der Waals surface area contributed by atoms with Crippen molar-refractivity contribution in [3.8, 4) is 0 Å². The number of rotatable bonds is 5. The van der Waals surface area contributed by atoms with Crippen LogP contribution >= 0.6 is 0 Å². The summed E-state index contributed by atoms with van der Waals surface area (Å²) in [4.78, 5) is 24.5. The van der Waals surface area contributed by atoms with E-state index in [0.29, 0.717) is 12.0 Å². The van der Waals surface area contributed by atoms with Crippen LogP contribution in [0.5, 0.6) is 0 Å². The number of carbonyl (C=O) groups excluding carboxylic acids is 1. The van der Waals surface area contributed by atoms with Gasteiger partial charge in [0.1, 0.15) is 5.60 Å². The Kier molecular flexibility index (Phi) is 6.15. The van der Waals surface area contributed by atoms with Gasteiger partial charge in [-0.15, -0.1) is 0 Å². The van der Waals surface area contributed by atoms with E-state index in [1.54, 1.807) is 6.20 Å². The molecule has 7 nitrogen and oxygen atoms in total. The number of hydrogen-bond donors (Lipinski definition) is 1. The van der Waals surface area contributed by atoms with Crippen LogP contribution in [0, 0.1) is 0 Å². The van der Waals surface area contributed by atoms with Crippen LogP contribution in [0.3, 0.4) is 0 Å². The van der Waals surface area contributed by atoms with Gasteiger partial charge in [0, 0.05) is 51.4 Å². The van der Waals surface area contributed by atoms with Crippen molar-refractivity contribution in [1.29, 1.82) is 0 Å². The number of para-hydroxylation sites is 1. The Balaban J connectivity index is 1.20. The molecule has 1 aromatic carbocycles. The van der Waals surface area contributed by atoms with Crippen LogP contribution in [-0.4, -0.2) is 67.4 Å². The van der Waals surface area contributed by atoms with Gasteiger partial charge in [0.15, 0.2) is 0 Å². The molecule has 1 amide bonds. The van der Waals surface area contributed by atoms with Gasteiger partial charge in [-0.2, -0.15) is 0 Å². The highest BCUT2D eigenvalue weighted by Gasteiger charge is 2.44. The van der Waals surface area contributed by atoms with Gasteiger partial charge in [-0.1, -0.05) is 12.1 Å². The summed E-state index contributed by atoms with van der Waals surface area (Å²) in [5, 5.41) is 2.88. The number of ether oxygens (including phenoxy) is 1. The zero-order valence-electron chi connectivity index (χ0n) is 20.9. The number of nitrogens with one attached hydrogen (secondary N) is 1. The summed E-state index contributed by atoms with van der Waals surface area (Å²) in [5.74, 6) is 0.592. The normalized spacial score (nSPS) is 21.8. The molecule has 1 aromatic heterocycles. The zero-order chi connectivity index (χ0) is 23.9. The Labute approximate surface area is 203 Å². The number of aryl methyl sites for hydroxylation is 1. The smallest absolute Gasteiger partial charge is 0.412 e. The SMILES string of the molecule is CN1CCN2c3c(cccc31)C1CN(CCCc3ncccc3NC(=O)OC(C)(C)C)CCC12. The highest BCUT2D eigenvalue weighted by molar-refractivity contribution is 5.85. The van der Waals surface area contributed by atoms with E-state index in [2.05, 4.69) is 50.2 Å². The van der Waals surface area contributed by atoms with Crippen molar-refractivity contribution >= 4 is 23.2 Å². The molecule has 182 valence electrons. The standard InChI is InChI=1S/C27H37N5O2/c1-27(2,3)34-26(33)29-22-9-6-13-28-21(22)10-7-14-31-15-12-23-20(18-31)19-8-5-11-24-25(19)32(23)17-16-30(24)4/h5-6,8-9,11,13,20,23H,7,10,12,14-18H2,1-4H3,(H,29,33). The second-order valence-electron chi connectivity index (χ2n) is 10.8. The van der Waals surface area contributed by atoms with Gasteiger partial charge in [0.2, 0.25) is 0 Å². The molecule has 3 aliphatic rings. The maximum Gasteiger partial charge on any atom is 0.412 e. The molecule has 0 bridgehead atoms. The third-order valence-corrected chi connectivity index (χ3v) is 7.29. The Bertz CT molecular complexity index is 1050. The number of likely N-dealkylation sites (N-methyl/N-ethyl adjacent to an activating group) is 1. The Hall–Kier alpha value is -2.80. The highest BCUT2D eigenvalue weighted by Crippen LogP contribution is 2.50. The Morgan fingerprint density at radius 2 is 2.03 bits per heavy atom. The molecule has 0 spiro atoms. The van der Waals surface area contributed by atoms with E-state index in [0.717, 1.165) is 56.9 Å². The van der Waals surface area contributed by atoms with Crippen molar-refractivity contribution in [3.63, 3.8) is 0 Å². The minimum Gasteiger partial charge on any atom is -0.444 e. The van der Waals surface area contributed by atoms with Crippen molar-refractivity contribution in [2.45, 2.75) is 57.6 Å². The summed E-state index contributed by atoms with van der Waals surface area (Å²) in [5.41, 5.74) is 5.55. The first-order valence-corrected chi connectivity index (χ1v) is 12.6. The van der Waals surface area contributed by atoms with Gasteiger partial charge in [-0.05, 0) is 70.3 Å². The predicted octanol–water partition coefficient (Wildman–Crippen LogP) is 4.49. The van der Waals surface area contributed by atoms with Gasteiger partial charge in [0.25, 0.3) is 0 Å². The lowest BCUT2D eigenvalue weighted by molar-refractivity contribution is 0.0635. The first kappa shape index (κ1) is 23.0. The molecule has 2 unspecified atom stereocenters. The number of likely N-dealkylation sites (tertiary alicyclic amines) is 1. The van der Waals surface area contributed by atoms with Crippen LogP contribution in [-0.2, 0) is 11.2 Å². The number of piperidine rings is 1. The first-order chi connectivity index (χ1) is 16.3. The predicted molar refractivity (Wildman–Crippen MR) is 137 cm³/mol. The molecule has 0 aliphatic carbocycles. The summed E-state index contributed by atoms with van der Waals surface area (Å²) in [6, 6.07) is 11.2. The van der Waals surface area contributed by atoms with Gasteiger partial charge >= 0.3 is 6.09 Å². The van der Waals surface area contributed by atoms with E-state index >= 15 is 0 Å². The van der Waals surface area contributed by atoms with E-state index in [1.807, 2.05) is 32.9 Å². The lowest BCUT2D eigenvalue weighted by Gasteiger charge is -2.41. The van der Waals surface area contributed by atoms with E-state index in [4.69, 9.17) is 4.74 Å². The molecule has 1 N–H and O–H groups in total. The van der Waals surface area contributed by atoms with Crippen LogP contribution in [0.1, 0.15) is 50.8 Å². The minimum atomic E-state index is -0.525. The molecule has 1 fully saturated rings. The number of benzene rings is 1. The molecule has 0 radical (unpaired) electrons. The number of fused-ring (bicyclic) bond motifs is 3. The second kappa shape index (κ2) is 9.10. The fraction of sp³-hybridized carbons (Fsp3) is 0.556. The van der Waals surface area contributed by atoms with E-state index in [1.165, 1.54) is 23.4 Å². The molecular formula is C27H37N5O2. The Morgan fingerprint density at radius 3 is 2.85 bits per heavy atom. The fourth-order valence-corrected chi connectivity index (χ4v) is 5.81. The number of amides is 1. The van der Waals surface area contributed by atoms with Crippen LogP contribution in [0.25, 0.3) is 0 Å². The number of pyridine rings is 1. The average Bonchev–Trinajstić information content (AvgIpc) is 3.10. The summed E-state index contributed by atoms with van der Waals surface area (Å²) in [6.45, 7) is 11.1. The molecule has 5 rings (SSSR count). The molecular weight excluding hydrogens is 426 g/mol. The highest BCUT2D eigenvalue weighted by atomic mass is 16.6. The van der Waals surface area contributed by atoms with Crippen molar-refractivity contribution in [1.82, 2.24) is 9.88 Å². The van der Waals surface area contributed by atoms with Crippen LogP contribution in [0.2, 0.25) is 0 Å². The van der Waals surface area contributed by atoms with E-state index in [-0.39, 0.29) is 0 Å². The van der Waals surface area contributed by atoms with Crippen LogP contribution in [0.4, 0.5) is 21.9 Å². The van der Waals surface area contributed by atoms with Gasteiger partial charge in [-0.3, -0.25) is 10.3 Å². The first-order valence-electron chi connectivity index (χ1n) is 12.6.